The molecule has 2 aromatic rings. The van der Waals surface area contributed by atoms with E-state index < -0.39 is 0 Å². The van der Waals surface area contributed by atoms with Crippen LogP contribution in [0.2, 0.25) is 0 Å². The summed E-state index contributed by atoms with van der Waals surface area (Å²) in [7, 11) is 0. The van der Waals surface area contributed by atoms with Crippen LogP contribution in [0.1, 0.15) is 35.8 Å². The Labute approximate surface area is 131 Å². The number of aromatic nitrogens is 1. The van der Waals surface area contributed by atoms with E-state index in [4.69, 9.17) is 0 Å². The molecule has 0 radical (unpaired) electrons. The Bertz CT molecular complexity index is 697. The minimum absolute atomic E-state index is 0.0853. The first-order chi connectivity index (χ1) is 10.8. The zero-order valence-electron chi connectivity index (χ0n) is 13.1. The first-order valence-electron chi connectivity index (χ1n) is 8.38. The van der Waals surface area contributed by atoms with Crippen LogP contribution in [-0.4, -0.2) is 40.9 Å². The summed E-state index contributed by atoms with van der Waals surface area (Å²) in [5.41, 5.74) is 3.02. The van der Waals surface area contributed by atoms with Crippen molar-refractivity contribution in [2.24, 2.45) is 5.92 Å². The van der Waals surface area contributed by atoms with Gasteiger partial charge in [-0.1, -0.05) is 13.0 Å². The third-order valence-electron chi connectivity index (χ3n) is 5.34. The maximum Gasteiger partial charge on any atom is 0.253 e. The topological polar surface area (TPSA) is 36.8 Å². The van der Waals surface area contributed by atoms with E-state index in [0.29, 0.717) is 12.0 Å². The van der Waals surface area contributed by atoms with Crippen molar-refractivity contribution in [3.05, 3.63) is 41.7 Å². The van der Waals surface area contributed by atoms with Crippen LogP contribution in [0.25, 0.3) is 5.52 Å². The van der Waals surface area contributed by atoms with Crippen LogP contribution in [0.3, 0.4) is 0 Å². The molecule has 2 bridgehead atoms. The number of pyridine rings is 1. The van der Waals surface area contributed by atoms with E-state index in [1.807, 2.05) is 30.5 Å². The molecule has 1 unspecified atom stereocenters. The second-order valence-electron chi connectivity index (χ2n) is 6.58. The molecule has 0 aromatic carbocycles. The summed E-state index contributed by atoms with van der Waals surface area (Å²) < 4.78 is 2.13. The largest absolute Gasteiger partial charge is 0.348 e. The van der Waals surface area contributed by atoms with E-state index >= 15 is 0 Å². The molecule has 0 spiro atoms. The number of hydrogen-bond acceptors (Lipinski definition) is 2. The molecule has 2 aromatic heterocycles. The van der Waals surface area contributed by atoms with Gasteiger partial charge in [0.2, 0.25) is 0 Å². The predicted molar refractivity (Wildman–Crippen MR) is 87.2 cm³/mol. The number of nitrogens with one attached hydrogen (secondary N) is 1. The van der Waals surface area contributed by atoms with Gasteiger partial charge in [0.05, 0.1) is 11.1 Å². The molecule has 1 N–H and O–H groups in total. The molecule has 1 atom stereocenters. The number of fused-ring (bicyclic) bond motifs is 4. The zero-order chi connectivity index (χ0) is 15.1. The van der Waals surface area contributed by atoms with Crippen LogP contribution in [0.4, 0.5) is 0 Å². The van der Waals surface area contributed by atoms with Crippen molar-refractivity contribution in [3.63, 3.8) is 0 Å². The fourth-order valence-electron chi connectivity index (χ4n) is 4.05. The van der Waals surface area contributed by atoms with Crippen molar-refractivity contribution in [1.82, 2.24) is 14.6 Å². The van der Waals surface area contributed by atoms with Gasteiger partial charge in [0.25, 0.3) is 5.91 Å². The van der Waals surface area contributed by atoms with E-state index in [9.17, 15) is 4.79 Å². The number of amides is 1. The molecule has 3 fully saturated rings. The molecular weight excluding hydrogens is 274 g/mol. The van der Waals surface area contributed by atoms with Crippen molar-refractivity contribution < 1.29 is 4.79 Å². The zero-order valence-corrected chi connectivity index (χ0v) is 13.1. The Morgan fingerprint density at radius 3 is 2.82 bits per heavy atom. The van der Waals surface area contributed by atoms with Crippen LogP contribution in [0.15, 0.2) is 30.5 Å². The van der Waals surface area contributed by atoms with Crippen molar-refractivity contribution in [2.45, 2.75) is 32.2 Å². The lowest BCUT2D eigenvalue weighted by atomic mass is 9.84. The molecule has 3 aliphatic rings. The lowest BCUT2D eigenvalue weighted by Gasteiger charge is -2.44. The number of nitrogens with zero attached hydrogens (tertiary/aromatic N) is 2. The molecule has 1 amide bonds. The number of carbonyl (C=O) groups excluding carboxylic acids is 1. The van der Waals surface area contributed by atoms with Gasteiger partial charge in [-0.2, -0.15) is 0 Å². The van der Waals surface area contributed by atoms with E-state index in [1.165, 1.54) is 31.6 Å². The SMILES string of the molecule is CCc1cc(C(=O)NC2CN3CCC2CC3)c2ccccn12. The maximum absolute atomic E-state index is 12.8. The summed E-state index contributed by atoms with van der Waals surface area (Å²) in [6.07, 6.45) is 5.42. The van der Waals surface area contributed by atoms with Gasteiger partial charge in [0.1, 0.15) is 0 Å². The minimum Gasteiger partial charge on any atom is -0.348 e. The number of hydrogen-bond donors (Lipinski definition) is 1. The summed E-state index contributed by atoms with van der Waals surface area (Å²) in [6, 6.07) is 8.41. The van der Waals surface area contributed by atoms with E-state index in [0.717, 1.165) is 24.0 Å². The molecule has 4 nitrogen and oxygen atoms in total. The molecule has 5 heterocycles. The predicted octanol–water partition coefficient (Wildman–Crippen LogP) is 2.33. The molecule has 3 saturated heterocycles. The van der Waals surface area contributed by atoms with Gasteiger partial charge < -0.3 is 14.6 Å². The lowest BCUT2D eigenvalue weighted by molar-refractivity contribution is 0.0621. The van der Waals surface area contributed by atoms with E-state index in [-0.39, 0.29) is 5.91 Å². The normalized spacial score (nSPS) is 27.2. The Hall–Kier alpha value is -1.81. The van der Waals surface area contributed by atoms with E-state index in [1.54, 1.807) is 0 Å². The summed E-state index contributed by atoms with van der Waals surface area (Å²) in [5.74, 6) is 0.746. The standard InChI is InChI=1S/C18H23N3O/c1-2-14-11-15(17-5-3-4-8-21(14)17)18(22)19-16-12-20-9-6-13(16)7-10-20/h3-5,8,11,13,16H,2,6-7,9-10,12H2,1H3,(H,19,22). The molecule has 5 rings (SSSR count). The van der Waals surface area contributed by atoms with Gasteiger partial charge >= 0.3 is 0 Å². The van der Waals surface area contributed by atoms with Crippen LogP contribution in [-0.2, 0) is 6.42 Å². The summed E-state index contributed by atoms with van der Waals surface area (Å²) in [4.78, 5) is 15.3. The fourth-order valence-corrected chi connectivity index (χ4v) is 4.05. The highest BCUT2D eigenvalue weighted by Crippen LogP contribution is 2.28. The Morgan fingerprint density at radius 2 is 2.14 bits per heavy atom. The van der Waals surface area contributed by atoms with Crippen molar-refractivity contribution in [2.75, 3.05) is 19.6 Å². The van der Waals surface area contributed by atoms with Crippen molar-refractivity contribution in [1.29, 1.82) is 0 Å². The second-order valence-corrected chi connectivity index (χ2v) is 6.58. The number of rotatable bonds is 3. The third-order valence-corrected chi connectivity index (χ3v) is 5.34. The van der Waals surface area contributed by atoms with Gasteiger partial charge in [-0.15, -0.1) is 0 Å². The van der Waals surface area contributed by atoms with Gasteiger partial charge in [0.15, 0.2) is 0 Å². The Morgan fingerprint density at radius 1 is 1.32 bits per heavy atom. The number of carbonyl (C=O) groups is 1. The summed E-state index contributed by atoms with van der Waals surface area (Å²) >= 11 is 0. The highest BCUT2D eigenvalue weighted by molar-refractivity contribution is 6.01. The average molecular weight is 297 g/mol. The third kappa shape index (κ3) is 2.22. The van der Waals surface area contributed by atoms with Crippen LogP contribution < -0.4 is 5.32 Å². The average Bonchev–Trinajstić information content (AvgIpc) is 2.95. The maximum atomic E-state index is 12.8. The molecule has 22 heavy (non-hydrogen) atoms. The number of piperidine rings is 3. The van der Waals surface area contributed by atoms with Crippen molar-refractivity contribution >= 4 is 11.4 Å². The first kappa shape index (κ1) is 13.8. The Balaban J connectivity index is 1.60. The molecule has 0 saturated carbocycles. The van der Waals surface area contributed by atoms with E-state index in [2.05, 4.69) is 21.5 Å². The molecule has 0 aliphatic carbocycles. The first-order valence-corrected chi connectivity index (χ1v) is 8.38. The fraction of sp³-hybridized carbons (Fsp3) is 0.500. The van der Waals surface area contributed by atoms with Crippen LogP contribution in [0.5, 0.6) is 0 Å². The second kappa shape index (κ2) is 5.43. The van der Waals surface area contributed by atoms with Gasteiger partial charge in [-0.3, -0.25) is 4.79 Å². The van der Waals surface area contributed by atoms with Crippen LogP contribution >= 0.6 is 0 Å². The Kier molecular flexibility index (Phi) is 3.41. The highest BCUT2D eigenvalue weighted by Gasteiger charge is 2.35. The molecule has 4 heteroatoms. The van der Waals surface area contributed by atoms with Gasteiger partial charge in [-0.25, -0.2) is 0 Å². The molecular formula is C18H23N3O. The van der Waals surface area contributed by atoms with Crippen molar-refractivity contribution in [3.8, 4) is 0 Å². The summed E-state index contributed by atoms with van der Waals surface area (Å²) in [6.45, 7) is 5.55. The molecule has 3 aliphatic heterocycles. The van der Waals surface area contributed by atoms with Gasteiger partial charge in [0, 0.05) is 24.5 Å². The monoisotopic (exact) mass is 297 g/mol. The van der Waals surface area contributed by atoms with Gasteiger partial charge in [-0.05, 0) is 56.5 Å². The smallest absolute Gasteiger partial charge is 0.253 e. The molecule has 116 valence electrons. The lowest BCUT2D eigenvalue weighted by Crippen LogP contribution is -2.57. The quantitative estimate of drug-likeness (QED) is 0.944. The number of aryl methyl sites for hydroxylation is 1. The highest BCUT2D eigenvalue weighted by atomic mass is 16.1. The van der Waals surface area contributed by atoms with Crippen LogP contribution in [0, 0.1) is 5.92 Å². The minimum atomic E-state index is 0.0853. The summed E-state index contributed by atoms with van der Waals surface area (Å²) in [5, 5.41) is 3.30.